The summed E-state index contributed by atoms with van der Waals surface area (Å²) in [7, 11) is 0. The van der Waals surface area contributed by atoms with Crippen LogP contribution in [0.5, 0.6) is 0 Å². The molecule has 0 radical (unpaired) electrons. The summed E-state index contributed by atoms with van der Waals surface area (Å²) in [4.78, 5) is 13.9. The first kappa shape index (κ1) is 10.2. The molecule has 5 nitrogen and oxygen atoms in total. The van der Waals surface area contributed by atoms with Gasteiger partial charge in [0, 0.05) is 12.1 Å². The van der Waals surface area contributed by atoms with Crippen molar-refractivity contribution in [1.82, 2.24) is 10.1 Å². The van der Waals surface area contributed by atoms with Crippen molar-refractivity contribution in [1.29, 1.82) is 0 Å². The van der Waals surface area contributed by atoms with Crippen molar-refractivity contribution in [3.05, 3.63) is 35.7 Å². The maximum atomic E-state index is 13.2. The summed E-state index contributed by atoms with van der Waals surface area (Å²) < 4.78 is 30.3. The Morgan fingerprint density at radius 1 is 1.38 bits per heavy atom. The highest BCUT2D eigenvalue weighted by atomic mass is 19.1. The van der Waals surface area contributed by atoms with Crippen molar-refractivity contribution in [2.24, 2.45) is 0 Å². The Kier molecular flexibility index (Phi) is 2.35. The molecule has 0 fully saturated rings. The predicted molar refractivity (Wildman–Crippen MR) is 46.6 cm³/mol. The van der Waals surface area contributed by atoms with Crippen molar-refractivity contribution in [2.45, 2.75) is 0 Å². The molecule has 0 unspecified atom stereocenters. The molecule has 0 atom stereocenters. The number of carboxylic acids is 1. The molecule has 16 heavy (non-hydrogen) atoms. The smallest absolute Gasteiger partial charge is 0.358 e. The fraction of sp³-hybridized carbons (Fsp3) is 0. The van der Waals surface area contributed by atoms with Crippen molar-refractivity contribution < 1.29 is 23.2 Å². The summed E-state index contributed by atoms with van der Waals surface area (Å²) in [6.45, 7) is 0. The van der Waals surface area contributed by atoms with Crippen LogP contribution in [0, 0.1) is 11.6 Å². The molecule has 0 spiro atoms. The van der Waals surface area contributed by atoms with E-state index in [1.807, 2.05) is 0 Å². The summed E-state index contributed by atoms with van der Waals surface area (Å²) >= 11 is 0. The number of hydrogen-bond donors (Lipinski definition) is 1. The molecule has 2 aromatic heterocycles. The van der Waals surface area contributed by atoms with Gasteiger partial charge in [0.25, 0.3) is 0 Å². The van der Waals surface area contributed by atoms with Crippen LogP contribution in [0.4, 0.5) is 8.78 Å². The molecule has 0 aliphatic rings. The number of rotatable bonds is 2. The highest BCUT2D eigenvalue weighted by Gasteiger charge is 2.16. The zero-order valence-electron chi connectivity index (χ0n) is 7.65. The summed E-state index contributed by atoms with van der Waals surface area (Å²) in [5.41, 5.74) is -0.665. The van der Waals surface area contributed by atoms with Gasteiger partial charge >= 0.3 is 5.97 Å². The normalized spacial score (nSPS) is 10.4. The predicted octanol–water partition coefficient (Wildman–Crippen LogP) is 1.71. The maximum Gasteiger partial charge on any atom is 0.358 e. The zero-order chi connectivity index (χ0) is 11.7. The second-order valence-electron chi connectivity index (χ2n) is 2.87. The Hall–Kier alpha value is -2.31. The monoisotopic (exact) mass is 226 g/mol. The Morgan fingerprint density at radius 3 is 2.69 bits per heavy atom. The van der Waals surface area contributed by atoms with E-state index in [1.54, 1.807) is 0 Å². The molecule has 0 aliphatic carbocycles. The minimum Gasteiger partial charge on any atom is -0.476 e. The molecule has 1 N–H and O–H groups in total. The molecule has 82 valence electrons. The van der Waals surface area contributed by atoms with Gasteiger partial charge in [-0.2, -0.15) is 0 Å². The molecule has 2 rings (SSSR count). The fourth-order valence-electron chi connectivity index (χ4n) is 1.08. The lowest BCUT2D eigenvalue weighted by atomic mass is 10.2. The van der Waals surface area contributed by atoms with Crippen molar-refractivity contribution in [3.8, 4) is 11.5 Å². The van der Waals surface area contributed by atoms with Crippen LogP contribution in [0.2, 0.25) is 0 Å². The molecular formula is C9H4F2N2O3. The van der Waals surface area contributed by atoms with Gasteiger partial charge in [0.15, 0.2) is 17.3 Å². The minimum atomic E-state index is -1.31. The lowest BCUT2D eigenvalue weighted by Gasteiger charge is -1.95. The van der Waals surface area contributed by atoms with E-state index in [2.05, 4.69) is 14.7 Å². The second-order valence-corrected chi connectivity index (χ2v) is 2.87. The third kappa shape index (κ3) is 1.74. The van der Waals surface area contributed by atoms with Crippen LogP contribution < -0.4 is 0 Å². The Labute approximate surface area is 87.3 Å². The van der Waals surface area contributed by atoms with E-state index in [-0.39, 0.29) is 17.1 Å². The van der Waals surface area contributed by atoms with Crippen molar-refractivity contribution >= 4 is 5.97 Å². The molecule has 0 saturated heterocycles. The number of hydrogen-bond acceptors (Lipinski definition) is 4. The molecule has 7 heteroatoms. The number of pyridine rings is 1. The highest BCUT2D eigenvalue weighted by molar-refractivity contribution is 5.86. The van der Waals surface area contributed by atoms with Gasteiger partial charge in [-0.25, -0.2) is 18.6 Å². The standard InChI is InChI=1S/C9H4F2N2O3/c10-4-1-5(11)8(12-3-4)7-2-6(9(14)15)13-16-7/h1-3H,(H,14,15). The van der Waals surface area contributed by atoms with Gasteiger partial charge in [0.05, 0.1) is 6.20 Å². The molecule has 2 aromatic rings. The topological polar surface area (TPSA) is 76.2 Å². The van der Waals surface area contributed by atoms with Gasteiger partial charge < -0.3 is 9.63 Å². The van der Waals surface area contributed by atoms with Crippen molar-refractivity contribution in [3.63, 3.8) is 0 Å². The number of aromatic nitrogens is 2. The van der Waals surface area contributed by atoms with E-state index >= 15 is 0 Å². The van der Waals surface area contributed by atoms with Crippen LogP contribution in [-0.4, -0.2) is 21.2 Å². The van der Waals surface area contributed by atoms with Crippen LogP contribution in [0.15, 0.2) is 22.9 Å². The fourth-order valence-corrected chi connectivity index (χ4v) is 1.08. The average Bonchev–Trinajstić information content (AvgIpc) is 2.66. The van der Waals surface area contributed by atoms with E-state index in [1.165, 1.54) is 0 Å². The van der Waals surface area contributed by atoms with Gasteiger partial charge in [-0.3, -0.25) is 0 Å². The first-order chi connectivity index (χ1) is 7.58. The molecule has 0 aromatic carbocycles. The molecule has 2 heterocycles. The lowest BCUT2D eigenvalue weighted by molar-refractivity contribution is 0.0686. The number of halogens is 2. The van der Waals surface area contributed by atoms with Gasteiger partial charge in [0.1, 0.15) is 11.5 Å². The maximum absolute atomic E-state index is 13.2. The van der Waals surface area contributed by atoms with Gasteiger partial charge in [-0.1, -0.05) is 5.16 Å². The van der Waals surface area contributed by atoms with Crippen LogP contribution in [0.1, 0.15) is 10.5 Å². The minimum absolute atomic E-state index is 0.171. The molecule has 0 bridgehead atoms. The van der Waals surface area contributed by atoms with Crippen LogP contribution in [0.25, 0.3) is 11.5 Å². The van der Waals surface area contributed by atoms with Crippen LogP contribution in [0.3, 0.4) is 0 Å². The summed E-state index contributed by atoms with van der Waals surface area (Å²) in [5.74, 6) is -3.26. The summed E-state index contributed by atoms with van der Waals surface area (Å²) in [6, 6.07) is 1.62. The average molecular weight is 226 g/mol. The third-order valence-corrected chi connectivity index (χ3v) is 1.77. The zero-order valence-corrected chi connectivity index (χ0v) is 7.65. The largest absolute Gasteiger partial charge is 0.476 e. The van der Waals surface area contributed by atoms with Crippen LogP contribution in [-0.2, 0) is 0 Å². The Bertz CT molecular complexity index is 553. The van der Waals surface area contributed by atoms with Gasteiger partial charge in [0.2, 0.25) is 0 Å². The number of nitrogens with zero attached hydrogens (tertiary/aromatic N) is 2. The quantitative estimate of drug-likeness (QED) is 0.843. The molecule has 0 amide bonds. The number of aromatic carboxylic acids is 1. The number of carbonyl (C=O) groups is 1. The van der Waals surface area contributed by atoms with Crippen molar-refractivity contribution in [2.75, 3.05) is 0 Å². The summed E-state index contributed by atoms with van der Waals surface area (Å²) in [5, 5.41) is 11.7. The second kappa shape index (κ2) is 3.69. The first-order valence-corrected chi connectivity index (χ1v) is 4.09. The number of carboxylic acid groups (broad SMARTS) is 1. The van der Waals surface area contributed by atoms with E-state index in [4.69, 9.17) is 5.11 Å². The van der Waals surface area contributed by atoms with Gasteiger partial charge in [-0.05, 0) is 0 Å². The SMILES string of the molecule is O=C(O)c1cc(-c2ncc(F)cc2F)on1. The van der Waals surface area contributed by atoms with Crippen LogP contribution >= 0.6 is 0 Å². The summed E-state index contributed by atoms with van der Waals surface area (Å²) in [6.07, 6.45) is 0.793. The van der Waals surface area contributed by atoms with E-state index in [0.29, 0.717) is 6.07 Å². The lowest BCUT2D eigenvalue weighted by Crippen LogP contribution is -1.94. The molecule has 0 saturated carbocycles. The van der Waals surface area contributed by atoms with E-state index in [0.717, 1.165) is 12.3 Å². The molecular weight excluding hydrogens is 222 g/mol. The first-order valence-electron chi connectivity index (χ1n) is 4.09. The van der Waals surface area contributed by atoms with E-state index < -0.39 is 17.6 Å². The van der Waals surface area contributed by atoms with Gasteiger partial charge in [-0.15, -0.1) is 0 Å². The Balaban J connectivity index is 2.46. The Morgan fingerprint density at radius 2 is 2.12 bits per heavy atom. The molecule has 0 aliphatic heterocycles. The highest BCUT2D eigenvalue weighted by Crippen LogP contribution is 2.21. The van der Waals surface area contributed by atoms with E-state index in [9.17, 15) is 13.6 Å². The third-order valence-electron chi connectivity index (χ3n) is 1.77.